The Morgan fingerprint density at radius 1 is 1.50 bits per heavy atom. The van der Waals surface area contributed by atoms with Crippen LogP contribution in [0.5, 0.6) is 0 Å². The van der Waals surface area contributed by atoms with Crippen LogP contribution in [0.25, 0.3) is 0 Å². The van der Waals surface area contributed by atoms with E-state index in [0.29, 0.717) is 0 Å². The molecule has 1 atom stereocenters. The number of ketones is 1. The summed E-state index contributed by atoms with van der Waals surface area (Å²) in [6.45, 7) is 0. The van der Waals surface area contributed by atoms with Crippen LogP contribution in [0.3, 0.4) is 0 Å². The zero-order valence-electron chi connectivity index (χ0n) is 7.21. The number of hydrogen-bond donors (Lipinski definition) is 1. The van der Waals surface area contributed by atoms with Crippen LogP contribution in [0.4, 0.5) is 0 Å². The number of carbonyl (C=O) groups is 2. The van der Waals surface area contributed by atoms with Crippen LogP contribution >= 0.6 is 0 Å². The molecule has 0 aliphatic rings. The highest BCUT2D eigenvalue weighted by molar-refractivity contribution is 6.31. The lowest BCUT2D eigenvalue weighted by Crippen LogP contribution is -2.32. The van der Waals surface area contributed by atoms with E-state index in [1.807, 2.05) is 0 Å². The molecule has 0 saturated heterocycles. The Hall–Kier alpha value is -1.75. The number of aromatic nitrogens is 1. The van der Waals surface area contributed by atoms with Crippen molar-refractivity contribution in [3.8, 4) is 0 Å². The number of rotatable bonds is 4. The molecule has 14 heavy (non-hydrogen) atoms. The standard InChI is InChI=1S/C9H9NO4/c11-7(5-8(12)9(13)14)6-3-1-2-4-10-6/h1-4,7,11H,5H2,(H,13,14)/p-1. The Labute approximate surface area is 80.0 Å². The predicted octanol–water partition coefficient (Wildman–Crippen LogP) is -1.18. The average molecular weight is 194 g/mol. The van der Waals surface area contributed by atoms with E-state index in [1.54, 1.807) is 12.1 Å². The Bertz CT molecular complexity index is 336. The second kappa shape index (κ2) is 4.48. The van der Waals surface area contributed by atoms with Crippen LogP contribution in [-0.4, -0.2) is 21.8 Å². The van der Waals surface area contributed by atoms with Gasteiger partial charge in [-0.25, -0.2) is 0 Å². The summed E-state index contributed by atoms with van der Waals surface area (Å²) < 4.78 is 0. The lowest BCUT2D eigenvalue weighted by atomic mass is 10.1. The third kappa shape index (κ3) is 2.63. The number of carboxylic acid groups (broad SMARTS) is 1. The summed E-state index contributed by atoms with van der Waals surface area (Å²) >= 11 is 0. The highest BCUT2D eigenvalue weighted by Crippen LogP contribution is 2.12. The van der Waals surface area contributed by atoms with E-state index in [-0.39, 0.29) is 5.69 Å². The molecule has 5 nitrogen and oxygen atoms in total. The van der Waals surface area contributed by atoms with Gasteiger partial charge in [0.05, 0.1) is 5.69 Å². The van der Waals surface area contributed by atoms with Crippen LogP contribution in [0, 0.1) is 0 Å². The molecular weight excluding hydrogens is 186 g/mol. The summed E-state index contributed by atoms with van der Waals surface area (Å²) in [6, 6.07) is 4.79. The fraction of sp³-hybridized carbons (Fsp3) is 0.222. The van der Waals surface area contributed by atoms with Crippen LogP contribution < -0.4 is 5.11 Å². The molecule has 0 aliphatic heterocycles. The first-order valence-corrected chi connectivity index (χ1v) is 3.94. The topological polar surface area (TPSA) is 90.3 Å². The van der Waals surface area contributed by atoms with Gasteiger partial charge in [0.15, 0.2) is 5.78 Å². The van der Waals surface area contributed by atoms with Gasteiger partial charge in [0.2, 0.25) is 0 Å². The smallest absolute Gasteiger partial charge is 0.181 e. The Kier molecular flexibility index (Phi) is 3.30. The summed E-state index contributed by atoms with van der Waals surface area (Å²) in [4.78, 5) is 24.5. The van der Waals surface area contributed by atoms with Crippen LogP contribution in [0.2, 0.25) is 0 Å². The largest absolute Gasteiger partial charge is 0.542 e. The number of aliphatic hydroxyl groups excluding tert-OH is 1. The molecule has 1 heterocycles. The lowest BCUT2D eigenvalue weighted by molar-refractivity contribution is -0.300. The number of pyridine rings is 1. The molecule has 0 amide bonds. The normalized spacial score (nSPS) is 12.1. The summed E-state index contributed by atoms with van der Waals surface area (Å²) in [6.07, 6.45) is -0.261. The van der Waals surface area contributed by atoms with Crippen molar-refractivity contribution in [2.24, 2.45) is 0 Å². The van der Waals surface area contributed by atoms with Gasteiger partial charge in [-0.1, -0.05) is 6.07 Å². The van der Waals surface area contributed by atoms with E-state index in [0.717, 1.165) is 0 Å². The number of aliphatic carboxylic acids is 1. The van der Waals surface area contributed by atoms with Gasteiger partial charge in [0.25, 0.3) is 0 Å². The van der Waals surface area contributed by atoms with Gasteiger partial charge < -0.3 is 15.0 Å². The molecule has 0 aliphatic carbocycles. The number of aliphatic hydroxyl groups is 1. The van der Waals surface area contributed by atoms with Crippen LogP contribution in [0.1, 0.15) is 18.2 Å². The van der Waals surface area contributed by atoms with Crippen molar-refractivity contribution >= 4 is 11.8 Å². The van der Waals surface area contributed by atoms with Gasteiger partial charge in [-0.15, -0.1) is 0 Å². The minimum Gasteiger partial charge on any atom is -0.542 e. The molecule has 0 radical (unpaired) electrons. The molecule has 1 aromatic heterocycles. The van der Waals surface area contributed by atoms with Gasteiger partial charge >= 0.3 is 0 Å². The van der Waals surface area contributed by atoms with Crippen molar-refractivity contribution in [3.63, 3.8) is 0 Å². The van der Waals surface area contributed by atoms with Crippen molar-refractivity contribution in [2.45, 2.75) is 12.5 Å². The van der Waals surface area contributed by atoms with Gasteiger partial charge in [0.1, 0.15) is 12.1 Å². The highest BCUT2D eigenvalue weighted by Gasteiger charge is 2.14. The monoisotopic (exact) mass is 194 g/mol. The molecular formula is C9H8NO4-. The second-order valence-corrected chi connectivity index (χ2v) is 2.69. The molecule has 0 bridgehead atoms. The van der Waals surface area contributed by atoms with E-state index < -0.39 is 24.3 Å². The summed E-state index contributed by atoms with van der Waals surface area (Å²) in [5, 5.41) is 19.4. The Morgan fingerprint density at radius 3 is 2.71 bits per heavy atom. The first kappa shape index (κ1) is 10.3. The molecule has 1 aromatic rings. The van der Waals surface area contributed by atoms with Crippen molar-refractivity contribution in [3.05, 3.63) is 30.1 Å². The summed E-state index contributed by atoms with van der Waals surface area (Å²) in [7, 11) is 0. The third-order valence-electron chi connectivity index (χ3n) is 1.64. The van der Waals surface area contributed by atoms with Crippen LogP contribution in [0.15, 0.2) is 24.4 Å². The zero-order chi connectivity index (χ0) is 10.6. The fourth-order valence-electron chi connectivity index (χ4n) is 0.937. The molecule has 0 saturated carbocycles. The Balaban J connectivity index is 2.64. The van der Waals surface area contributed by atoms with Crippen LogP contribution in [-0.2, 0) is 9.59 Å². The van der Waals surface area contributed by atoms with Crippen molar-refractivity contribution in [2.75, 3.05) is 0 Å². The highest BCUT2D eigenvalue weighted by atomic mass is 16.4. The quantitative estimate of drug-likeness (QED) is 0.609. The first-order valence-electron chi connectivity index (χ1n) is 3.94. The second-order valence-electron chi connectivity index (χ2n) is 2.69. The molecule has 1 rings (SSSR count). The molecule has 74 valence electrons. The maximum Gasteiger partial charge on any atom is 0.181 e. The minimum atomic E-state index is -1.79. The van der Waals surface area contributed by atoms with E-state index in [2.05, 4.69) is 4.98 Å². The van der Waals surface area contributed by atoms with E-state index in [1.165, 1.54) is 12.3 Å². The molecule has 1 N–H and O–H groups in total. The molecule has 0 fully saturated rings. The van der Waals surface area contributed by atoms with Gasteiger partial charge in [-0.2, -0.15) is 0 Å². The first-order chi connectivity index (χ1) is 6.61. The number of nitrogens with zero attached hydrogens (tertiary/aromatic N) is 1. The predicted molar refractivity (Wildman–Crippen MR) is 43.8 cm³/mol. The number of Topliss-reactive ketones (excluding diaryl/α,β-unsaturated/α-hetero) is 1. The Morgan fingerprint density at radius 2 is 2.21 bits per heavy atom. The van der Waals surface area contributed by atoms with Gasteiger partial charge in [-0.05, 0) is 12.1 Å². The van der Waals surface area contributed by atoms with Gasteiger partial charge in [0, 0.05) is 12.6 Å². The van der Waals surface area contributed by atoms with Crippen molar-refractivity contribution in [1.29, 1.82) is 0 Å². The maximum absolute atomic E-state index is 10.7. The fourth-order valence-corrected chi connectivity index (χ4v) is 0.937. The lowest BCUT2D eigenvalue weighted by Gasteiger charge is -2.08. The van der Waals surface area contributed by atoms with E-state index in [9.17, 15) is 19.8 Å². The minimum absolute atomic E-state index is 0.266. The number of carboxylic acids is 1. The van der Waals surface area contributed by atoms with Crippen molar-refractivity contribution in [1.82, 2.24) is 4.98 Å². The summed E-state index contributed by atoms with van der Waals surface area (Å²) in [5.41, 5.74) is 0.266. The molecule has 0 aromatic carbocycles. The SMILES string of the molecule is O=C([O-])C(=O)CC(O)c1ccccn1. The molecule has 1 unspecified atom stereocenters. The molecule has 0 spiro atoms. The molecule has 5 heteroatoms. The number of carbonyl (C=O) groups excluding carboxylic acids is 2. The number of hydrogen-bond acceptors (Lipinski definition) is 5. The summed E-state index contributed by atoms with van der Waals surface area (Å²) in [5.74, 6) is -2.93. The van der Waals surface area contributed by atoms with Gasteiger partial charge in [-0.3, -0.25) is 9.78 Å². The maximum atomic E-state index is 10.7. The van der Waals surface area contributed by atoms with E-state index >= 15 is 0 Å². The van der Waals surface area contributed by atoms with Crippen molar-refractivity contribution < 1.29 is 19.8 Å². The van der Waals surface area contributed by atoms with E-state index in [4.69, 9.17) is 0 Å². The average Bonchev–Trinajstić information content (AvgIpc) is 2.19. The zero-order valence-corrected chi connectivity index (χ0v) is 7.21. The third-order valence-corrected chi connectivity index (χ3v) is 1.64.